The van der Waals surface area contributed by atoms with Crippen molar-refractivity contribution in [2.45, 2.75) is 20.8 Å². The van der Waals surface area contributed by atoms with Crippen LogP contribution in [0.5, 0.6) is 0 Å². The van der Waals surface area contributed by atoms with Crippen molar-refractivity contribution in [3.05, 3.63) is 192 Å². The topological polar surface area (TPSA) is 30.7 Å². The molecule has 0 spiro atoms. The minimum atomic E-state index is -0.540. The first-order valence-corrected chi connectivity index (χ1v) is 22.7. The third-order valence-electron chi connectivity index (χ3n) is 8.39. The monoisotopic (exact) mass is 913 g/mol. The number of hydrogen-bond donors (Lipinski definition) is 0. The molecule has 4 nitrogen and oxygen atoms in total. The van der Waals surface area contributed by atoms with Crippen molar-refractivity contribution in [1.82, 2.24) is 0 Å². The second-order valence-electron chi connectivity index (χ2n) is 11.9. The quantitative estimate of drug-likeness (QED) is 0.0660. The summed E-state index contributed by atoms with van der Waals surface area (Å²) in [6.07, 6.45) is 1.90. The van der Waals surface area contributed by atoms with Crippen molar-refractivity contribution in [1.29, 1.82) is 0 Å². The maximum absolute atomic E-state index is 7.50. The van der Waals surface area contributed by atoms with Gasteiger partial charge in [0.15, 0.2) is 5.69 Å². The summed E-state index contributed by atoms with van der Waals surface area (Å²) in [4.78, 5) is 8.41. The molecule has 7 rings (SSSR count). The van der Waals surface area contributed by atoms with Crippen LogP contribution in [-0.4, -0.2) is 20.1 Å². The Hall–Kier alpha value is -4.00. The summed E-state index contributed by atoms with van der Waals surface area (Å²) < 4.78 is 7.50. The maximum atomic E-state index is 7.50. The fourth-order valence-corrected chi connectivity index (χ4v) is 10.6. The Balaban J connectivity index is 0.000000342. The van der Waals surface area contributed by atoms with Crippen molar-refractivity contribution in [2.75, 3.05) is 22.2 Å². The van der Waals surface area contributed by atoms with Crippen LogP contribution >= 0.6 is 25.5 Å². The molecule has 260 valence electrons. The Morgan fingerprint density at radius 2 is 0.846 bits per heavy atom. The van der Waals surface area contributed by atoms with Gasteiger partial charge in [-0.05, 0) is 81.1 Å². The number of hydrogen-bond acceptors (Lipinski definition) is 2. The van der Waals surface area contributed by atoms with E-state index >= 15 is 0 Å². The van der Waals surface area contributed by atoms with Gasteiger partial charge >= 0.3 is 46.1 Å². The predicted octanol–water partition coefficient (Wildman–Crippen LogP) is 9.84. The van der Waals surface area contributed by atoms with Crippen LogP contribution in [0.4, 0.5) is 17.1 Å². The molecule has 9 heteroatoms. The van der Waals surface area contributed by atoms with E-state index in [1.165, 1.54) is 55.8 Å². The van der Waals surface area contributed by atoms with E-state index in [0.29, 0.717) is 0 Å². The SMILES string of the molecule is [B]1N(CP(c2ccccc2)c2ccccc2)c2ccccc2N1CP(c1ccccc1)c1ccccc1.[C-]#[N+]c1c(C)cc(C)cc1C.[C-]#[O+].[Cl][Os]. The van der Waals surface area contributed by atoms with Gasteiger partial charge in [-0.2, -0.15) is 0 Å². The van der Waals surface area contributed by atoms with Crippen LogP contribution in [0.15, 0.2) is 158 Å². The Morgan fingerprint density at radius 1 is 0.558 bits per heavy atom. The molecule has 0 N–H and O–H groups in total. The van der Waals surface area contributed by atoms with Crippen molar-refractivity contribution in [2.24, 2.45) is 0 Å². The van der Waals surface area contributed by atoms with E-state index in [-0.39, 0.29) is 0 Å². The summed E-state index contributed by atoms with van der Waals surface area (Å²) in [5.74, 6) is 0. The Labute approximate surface area is 327 Å². The van der Waals surface area contributed by atoms with Crippen LogP contribution in [0.2, 0.25) is 0 Å². The molecule has 0 unspecified atom stereocenters. The van der Waals surface area contributed by atoms with Gasteiger partial charge in [0.25, 0.3) is 0 Å². The van der Waals surface area contributed by atoms with Gasteiger partial charge in [-0.3, -0.25) is 0 Å². The normalized spacial score (nSPS) is 11.1. The first kappa shape index (κ1) is 40.8. The Bertz CT molecular complexity index is 1820. The van der Waals surface area contributed by atoms with E-state index in [4.69, 9.17) is 11.2 Å². The summed E-state index contributed by atoms with van der Waals surface area (Å²) >= 11 is 1.33. The molecule has 0 bridgehead atoms. The van der Waals surface area contributed by atoms with Gasteiger partial charge in [-0.25, -0.2) is 4.85 Å². The van der Waals surface area contributed by atoms with Crippen LogP contribution in [0.1, 0.15) is 16.7 Å². The second-order valence-corrected chi connectivity index (χ2v) is 16.2. The van der Waals surface area contributed by atoms with Crippen LogP contribution < -0.4 is 30.8 Å². The number of fused-ring (bicyclic) bond motifs is 1. The second kappa shape index (κ2) is 21.5. The van der Waals surface area contributed by atoms with E-state index < -0.39 is 15.8 Å². The van der Waals surface area contributed by atoms with Crippen molar-refractivity contribution < 1.29 is 22.3 Å². The molecule has 6 aromatic carbocycles. The molecule has 52 heavy (non-hydrogen) atoms. The molecule has 1 aliphatic rings. The number of benzene rings is 6. The van der Waals surface area contributed by atoms with Crippen LogP contribution in [0, 0.1) is 34.0 Å². The van der Waals surface area contributed by atoms with E-state index in [1.54, 1.807) is 0 Å². The molecule has 0 fully saturated rings. The number of aryl methyl sites for hydroxylation is 3. The number of para-hydroxylation sites is 2. The first-order chi connectivity index (χ1) is 25.5. The van der Waals surface area contributed by atoms with Gasteiger partial charge in [0.1, 0.15) is 0 Å². The number of halogens is 1. The van der Waals surface area contributed by atoms with Crippen molar-refractivity contribution in [3.8, 4) is 0 Å². The van der Waals surface area contributed by atoms with E-state index in [0.717, 1.165) is 29.4 Å². The van der Waals surface area contributed by atoms with Crippen molar-refractivity contribution >= 4 is 71.3 Å². The van der Waals surface area contributed by atoms with Gasteiger partial charge in [0, 0.05) is 23.9 Å². The van der Waals surface area contributed by atoms with Crippen LogP contribution in [0.25, 0.3) is 4.85 Å². The summed E-state index contributed by atoms with van der Waals surface area (Å²) in [7, 11) is 5.94. The first-order valence-electron chi connectivity index (χ1n) is 16.5. The summed E-state index contributed by atoms with van der Waals surface area (Å²) in [6.45, 7) is 17.4. The average Bonchev–Trinajstić information content (AvgIpc) is 3.55. The molecule has 0 amide bonds. The molecular formula is C43H39BClN3OOsP2. The fraction of sp³-hybridized carbons (Fsp3) is 0.116. The van der Waals surface area contributed by atoms with Gasteiger partial charge in [0.2, 0.25) is 0 Å². The predicted molar refractivity (Wildman–Crippen MR) is 222 cm³/mol. The summed E-state index contributed by atoms with van der Waals surface area (Å²) in [5, 5.41) is 5.63. The molecule has 1 aliphatic heterocycles. The third kappa shape index (κ3) is 10.8. The number of nitrogens with zero attached hydrogens (tertiary/aromatic N) is 3. The minimum absolute atomic E-state index is 0.540. The van der Waals surface area contributed by atoms with Crippen molar-refractivity contribution in [3.63, 3.8) is 0 Å². The Morgan fingerprint density at radius 3 is 1.13 bits per heavy atom. The summed E-state index contributed by atoms with van der Waals surface area (Å²) in [6, 6.07) is 56.9. The zero-order valence-electron chi connectivity index (χ0n) is 29.4. The van der Waals surface area contributed by atoms with E-state index in [1.807, 2.05) is 32.9 Å². The average molecular weight is 912 g/mol. The van der Waals surface area contributed by atoms with Gasteiger partial charge < -0.3 is 9.62 Å². The number of anilines is 2. The Kier molecular flexibility index (Phi) is 16.9. The van der Waals surface area contributed by atoms with Crippen LogP contribution in [-0.2, 0) is 22.3 Å². The zero-order valence-corrected chi connectivity index (χ0v) is 34.5. The zero-order chi connectivity index (χ0) is 37.3. The fourth-order valence-electron chi connectivity index (χ4n) is 6.18. The molecule has 0 saturated carbocycles. The number of rotatable bonds is 8. The molecule has 1 radical (unpaired) electrons. The standard InChI is InChI=1S/C32H28BN2P2.C10H11N.CO.ClH.Os/c1-5-15-27(16-6-1)36(28-17-7-2-8-18-28)25-34-31-23-13-14-24-32(31)35(33-34)26-37(29-19-9-3-10-20-29)30-21-11-4-12-22-30;1-7-5-8(2)10(11-4)9(3)6-7;1-2;;/h1-24H,25-26H2;5-6H,1-3H3;;1H;/q;;;;+1/p-1. The molecule has 0 aromatic heterocycles. The molecule has 0 atom stereocenters. The molecule has 1 heterocycles. The molecule has 6 aromatic rings. The summed E-state index contributed by atoms with van der Waals surface area (Å²) in [5.41, 5.74) is 6.77. The molecular weight excluding hydrogens is 873 g/mol. The van der Waals surface area contributed by atoms with E-state index in [9.17, 15) is 0 Å². The van der Waals surface area contributed by atoms with Gasteiger partial charge in [-0.1, -0.05) is 151 Å². The third-order valence-corrected chi connectivity index (χ3v) is 13.2. The molecule has 0 saturated heterocycles. The van der Waals surface area contributed by atoms with Gasteiger partial charge in [-0.15, -0.1) is 0 Å². The van der Waals surface area contributed by atoms with Gasteiger partial charge in [0.05, 0.1) is 6.57 Å². The molecule has 0 aliphatic carbocycles. The van der Waals surface area contributed by atoms with E-state index in [2.05, 4.69) is 184 Å². The van der Waals surface area contributed by atoms with Crippen LogP contribution in [0.3, 0.4) is 0 Å².